The summed E-state index contributed by atoms with van der Waals surface area (Å²) < 4.78 is 25.1. The monoisotopic (exact) mass is 394 g/mol. The predicted molar refractivity (Wildman–Crippen MR) is 99.4 cm³/mol. The van der Waals surface area contributed by atoms with Gasteiger partial charge in [0.25, 0.3) is 0 Å². The van der Waals surface area contributed by atoms with Gasteiger partial charge in [0.2, 0.25) is 0 Å². The van der Waals surface area contributed by atoms with Crippen molar-refractivity contribution in [3.8, 4) is 0 Å². The van der Waals surface area contributed by atoms with Crippen molar-refractivity contribution in [2.45, 2.75) is 87.9 Å². The number of rotatable bonds is 5. The maximum atomic E-state index is 10.6. The second-order valence-electron chi connectivity index (χ2n) is 8.39. The predicted octanol–water partition coefficient (Wildman–Crippen LogP) is 2.53. The van der Waals surface area contributed by atoms with Crippen LogP contribution in [0.2, 0.25) is 0 Å². The van der Waals surface area contributed by atoms with E-state index in [0.29, 0.717) is 12.8 Å². The third-order valence-electron chi connectivity index (χ3n) is 6.30. The minimum atomic E-state index is -0.798. The molecule has 28 heavy (non-hydrogen) atoms. The van der Waals surface area contributed by atoms with Gasteiger partial charge in [0.15, 0.2) is 11.6 Å². The quantitative estimate of drug-likeness (QED) is 0.692. The molecule has 4 heterocycles. The van der Waals surface area contributed by atoms with Crippen LogP contribution in [0.3, 0.4) is 0 Å². The first kappa shape index (κ1) is 20.0. The Bertz CT molecular complexity index is 647. The average Bonchev–Trinajstić information content (AvgIpc) is 3.21. The number of aliphatic hydroxyl groups is 1. The molecule has 0 saturated carbocycles. The molecule has 3 saturated heterocycles. The van der Waals surface area contributed by atoms with Crippen LogP contribution >= 0.6 is 0 Å². The number of ether oxygens (including phenoxy) is 4. The molecule has 2 N–H and O–H groups in total. The summed E-state index contributed by atoms with van der Waals surface area (Å²) in [6, 6.07) is 0. The van der Waals surface area contributed by atoms with Crippen LogP contribution in [-0.4, -0.2) is 58.8 Å². The van der Waals surface area contributed by atoms with E-state index in [1.54, 1.807) is 0 Å². The fourth-order valence-electron chi connectivity index (χ4n) is 4.82. The van der Waals surface area contributed by atoms with E-state index in [4.69, 9.17) is 24.1 Å². The molecular formula is C21H30O7. The van der Waals surface area contributed by atoms with Gasteiger partial charge in [0, 0.05) is 31.6 Å². The fraction of sp³-hybridized carbons (Fsp3) is 0.762. The summed E-state index contributed by atoms with van der Waals surface area (Å²) in [5.41, 5.74) is 0. The van der Waals surface area contributed by atoms with E-state index >= 15 is 0 Å². The van der Waals surface area contributed by atoms with Gasteiger partial charge >= 0.3 is 5.97 Å². The average molecular weight is 394 g/mol. The SMILES string of the molecule is C[C@@H]1C[C@H]2O[C@H](CO)C[C@H]2O[C@]12CC[C@@]1(C=CC[C@H](/C=C/CCC(=O)O)O1)O2. The lowest BCUT2D eigenvalue weighted by molar-refractivity contribution is -0.355. The number of hydrogen-bond acceptors (Lipinski definition) is 6. The molecule has 4 aliphatic heterocycles. The molecule has 4 aliphatic rings. The van der Waals surface area contributed by atoms with Crippen molar-refractivity contribution in [2.24, 2.45) is 5.92 Å². The molecule has 7 heteroatoms. The minimum Gasteiger partial charge on any atom is -0.481 e. The maximum absolute atomic E-state index is 10.6. The van der Waals surface area contributed by atoms with Gasteiger partial charge in [0.05, 0.1) is 31.0 Å². The lowest BCUT2D eigenvalue weighted by Crippen LogP contribution is -2.53. The van der Waals surface area contributed by atoms with Crippen molar-refractivity contribution in [1.82, 2.24) is 0 Å². The summed E-state index contributed by atoms with van der Waals surface area (Å²) in [6.07, 6.45) is 11.9. The summed E-state index contributed by atoms with van der Waals surface area (Å²) >= 11 is 0. The van der Waals surface area contributed by atoms with Crippen LogP contribution in [0.15, 0.2) is 24.3 Å². The first-order valence-corrected chi connectivity index (χ1v) is 10.3. The molecule has 7 atom stereocenters. The van der Waals surface area contributed by atoms with E-state index in [1.165, 1.54) is 0 Å². The Balaban J connectivity index is 1.40. The van der Waals surface area contributed by atoms with Gasteiger partial charge in [-0.3, -0.25) is 4.79 Å². The summed E-state index contributed by atoms with van der Waals surface area (Å²) in [7, 11) is 0. The number of fused-ring (bicyclic) bond motifs is 1. The van der Waals surface area contributed by atoms with Gasteiger partial charge in [-0.25, -0.2) is 0 Å². The Labute approximate surface area is 165 Å². The summed E-state index contributed by atoms with van der Waals surface area (Å²) in [5, 5.41) is 18.2. The van der Waals surface area contributed by atoms with Gasteiger partial charge in [0.1, 0.15) is 0 Å². The Kier molecular flexibility index (Phi) is 5.64. The van der Waals surface area contributed by atoms with Crippen LogP contribution in [-0.2, 0) is 23.7 Å². The maximum Gasteiger partial charge on any atom is 0.303 e. The van der Waals surface area contributed by atoms with Gasteiger partial charge in [-0.05, 0) is 25.3 Å². The molecule has 0 aromatic heterocycles. The van der Waals surface area contributed by atoms with E-state index in [2.05, 4.69) is 13.0 Å². The molecule has 7 nitrogen and oxygen atoms in total. The number of allylic oxidation sites excluding steroid dienone is 1. The van der Waals surface area contributed by atoms with Crippen molar-refractivity contribution in [1.29, 1.82) is 0 Å². The minimum absolute atomic E-state index is 0.0181. The summed E-state index contributed by atoms with van der Waals surface area (Å²) in [4.78, 5) is 10.6. The Morgan fingerprint density at radius 1 is 1.25 bits per heavy atom. The van der Waals surface area contributed by atoms with Crippen molar-refractivity contribution < 1.29 is 34.0 Å². The van der Waals surface area contributed by atoms with Crippen molar-refractivity contribution >= 4 is 5.97 Å². The van der Waals surface area contributed by atoms with Crippen LogP contribution in [0.25, 0.3) is 0 Å². The highest BCUT2D eigenvalue weighted by molar-refractivity contribution is 5.66. The molecule has 2 spiro atoms. The molecule has 0 radical (unpaired) electrons. The molecule has 0 unspecified atom stereocenters. The standard InChI is InChI=1S/C21H30O7/c1-14-11-17-18(12-16(13-22)25-17)27-21(14)10-9-20(28-21)8-4-6-15(26-20)5-2-3-7-19(23)24/h2,4-5,8,14-18,22H,3,6-7,9-13H2,1H3,(H,23,24)/b5-2+/t14-,15+,16+,17-,18-,20-,21+/m1/s1. The third-order valence-corrected chi connectivity index (χ3v) is 6.30. The molecule has 0 aromatic rings. The van der Waals surface area contributed by atoms with Crippen molar-refractivity contribution in [2.75, 3.05) is 6.61 Å². The van der Waals surface area contributed by atoms with Crippen LogP contribution in [0.1, 0.15) is 51.9 Å². The summed E-state index contributed by atoms with van der Waals surface area (Å²) in [5.74, 6) is -2.12. The number of carbonyl (C=O) groups is 1. The molecule has 156 valence electrons. The number of aliphatic carboxylic acids is 1. The van der Waals surface area contributed by atoms with Gasteiger partial charge in [-0.2, -0.15) is 0 Å². The normalized spacial score (nSPS) is 45.3. The van der Waals surface area contributed by atoms with Gasteiger partial charge in [-0.1, -0.05) is 25.2 Å². The molecule has 3 fully saturated rings. The van der Waals surface area contributed by atoms with E-state index < -0.39 is 17.5 Å². The zero-order chi connectivity index (χ0) is 19.8. The van der Waals surface area contributed by atoms with Gasteiger partial charge < -0.3 is 29.2 Å². The van der Waals surface area contributed by atoms with Crippen molar-refractivity contribution in [3.63, 3.8) is 0 Å². The highest BCUT2D eigenvalue weighted by Crippen LogP contribution is 2.52. The van der Waals surface area contributed by atoms with Crippen LogP contribution < -0.4 is 0 Å². The number of carboxylic acids is 1. The second-order valence-corrected chi connectivity index (χ2v) is 8.39. The van der Waals surface area contributed by atoms with E-state index in [0.717, 1.165) is 25.7 Å². The zero-order valence-corrected chi connectivity index (χ0v) is 16.3. The largest absolute Gasteiger partial charge is 0.481 e. The molecule has 0 aliphatic carbocycles. The van der Waals surface area contributed by atoms with Crippen LogP contribution in [0.4, 0.5) is 0 Å². The molecule has 0 aromatic carbocycles. The Hall–Kier alpha value is -1.25. The lowest BCUT2D eigenvalue weighted by Gasteiger charge is -2.45. The van der Waals surface area contributed by atoms with E-state index in [-0.39, 0.29) is 43.4 Å². The Morgan fingerprint density at radius 2 is 2.11 bits per heavy atom. The highest BCUT2D eigenvalue weighted by Gasteiger charge is 2.59. The van der Waals surface area contributed by atoms with Crippen LogP contribution in [0, 0.1) is 5.92 Å². The number of hydrogen-bond donors (Lipinski definition) is 2. The molecule has 4 rings (SSSR count). The first-order chi connectivity index (χ1) is 13.4. The van der Waals surface area contributed by atoms with E-state index in [1.807, 2.05) is 18.2 Å². The Morgan fingerprint density at radius 3 is 2.89 bits per heavy atom. The topological polar surface area (TPSA) is 94.5 Å². The number of aliphatic hydroxyl groups excluding tert-OH is 1. The van der Waals surface area contributed by atoms with Crippen LogP contribution in [0.5, 0.6) is 0 Å². The van der Waals surface area contributed by atoms with E-state index in [9.17, 15) is 9.90 Å². The van der Waals surface area contributed by atoms with Crippen molar-refractivity contribution in [3.05, 3.63) is 24.3 Å². The molecule has 0 bridgehead atoms. The first-order valence-electron chi connectivity index (χ1n) is 10.3. The third kappa shape index (κ3) is 3.91. The van der Waals surface area contributed by atoms with Gasteiger partial charge in [-0.15, -0.1) is 0 Å². The fourth-order valence-corrected chi connectivity index (χ4v) is 4.82. The smallest absolute Gasteiger partial charge is 0.303 e. The zero-order valence-electron chi connectivity index (χ0n) is 16.3. The second kappa shape index (κ2) is 7.88. The lowest BCUT2D eigenvalue weighted by atomic mass is 9.86. The summed E-state index contributed by atoms with van der Waals surface area (Å²) in [6.45, 7) is 2.14. The number of carboxylic acid groups (broad SMARTS) is 1. The molecule has 0 amide bonds. The molecular weight excluding hydrogens is 364 g/mol. The highest BCUT2D eigenvalue weighted by atomic mass is 16.8.